The molecule has 0 radical (unpaired) electrons. The summed E-state index contributed by atoms with van der Waals surface area (Å²) in [4.78, 5) is 3.94. The molecule has 0 saturated heterocycles. The van der Waals surface area contributed by atoms with Gasteiger partial charge in [-0.15, -0.1) is 11.3 Å². The summed E-state index contributed by atoms with van der Waals surface area (Å²) in [7, 11) is 2.23. The zero-order chi connectivity index (χ0) is 13.4. The van der Waals surface area contributed by atoms with Crippen LogP contribution in [-0.2, 0) is 6.42 Å². The molecule has 1 aromatic rings. The van der Waals surface area contributed by atoms with E-state index in [0.29, 0.717) is 12.1 Å². The zero-order valence-electron chi connectivity index (χ0n) is 12.3. The lowest BCUT2D eigenvalue weighted by molar-refractivity contribution is 0.253. The summed E-state index contributed by atoms with van der Waals surface area (Å²) in [6.07, 6.45) is 3.70. The highest BCUT2D eigenvalue weighted by Gasteiger charge is 2.10. The lowest BCUT2D eigenvalue weighted by atomic mass is 10.2. The van der Waals surface area contributed by atoms with Gasteiger partial charge in [-0.05, 0) is 45.2 Å². The van der Waals surface area contributed by atoms with Crippen molar-refractivity contribution < 1.29 is 0 Å². The van der Waals surface area contributed by atoms with Crippen molar-refractivity contribution in [2.24, 2.45) is 0 Å². The number of nitrogens with one attached hydrogen (secondary N) is 1. The van der Waals surface area contributed by atoms with Gasteiger partial charge >= 0.3 is 0 Å². The second kappa shape index (κ2) is 8.68. The molecule has 1 heterocycles. The third-order valence-electron chi connectivity index (χ3n) is 3.51. The predicted octanol–water partition coefficient (Wildman–Crippen LogP) is 3.39. The Kier molecular flexibility index (Phi) is 7.56. The maximum Gasteiger partial charge on any atom is 0.0113 e. The molecule has 0 aliphatic rings. The first-order valence-electron chi connectivity index (χ1n) is 7.09. The van der Waals surface area contributed by atoms with Gasteiger partial charge < -0.3 is 10.2 Å². The van der Waals surface area contributed by atoms with Crippen LogP contribution < -0.4 is 5.32 Å². The molecular weight excluding hydrogens is 240 g/mol. The van der Waals surface area contributed by atoms with Gasteiger partial charge in [0.25, 0.3) is 0 Å². The summed E-state index contributed by atoms with van der Waals surface area (Å²) in [5.74, 6) is 0. The normalized spacial score (nSPS) is 14.9. The Hall–Kier alpha value is -0.380. The van der Waals surface area contributed by atoms with Crippen LogP contribution in [0.2, 0.25) is 0 Å². The fourth-order valence-corrected chi connectivity index (χ4v) is 2.94. The van der Waals surface area contributed by atoms with Crippen molar-refractivity contribution in [1.82, 2.24) is 10.2 Å². The van der Waals surface area contributed by atoms with Crippen LogP contribution in [0.1, 0.15) is 38.5 Å². The zero-order valence-corrected chi connectivity index (χ0v) is 13.1. The Morgan fingerprint density at radius 3 is 2.78 bits per heavy atom. The van der Waals surface area contributed by atoms with Crippen LogP contribution in [0.4, 0.5) is 0 Å². The molecule has 104 valence electrons. The molecule has 1 rings (SSSR count). The average molecular weight is 268 g/mol. The molecule has 0 aliphatic heterocycles. The van der Waals surface area contributed by atoms with Crippen molar-refractivity contribution in [3.8, 4) is 0 Å². The molecule has 0 aromatic carbocycles. The first-order chi connectivity index (χ1) is 8.63. The highest BCUT2D eigenvalue weighted by Crippen LogP contribution is 2.13. The lowest BCUT2D eigenvalue weighted by Crippen LogP contribution is -2.38. The first-order valence-corrected chi connectivity index (χ1v) is 7.97. The first kappa shape index (κ1) is 15.7. The molecule has 1 N–H and O–H groups in total. The Morgan fingerprint density at radius 1 is 1.39 bits per heavy atom. The number of hydrogen-bond acceptors (Lipinski definition) is 3. The van der Waals surface area contributed by atoms with E-state index in [1.165, 1.54) is 24.1 Å². The lowest BCUT2D eigenvalue weighted by Gasteiger charge is -2.25. The maximum absolute atomic E-state index is 3.59. The highest BCUT2D eigenvalue weighted by molar-refractivity contribution is 7.09. The highest BCUT2D eigenvalue weighted by atomic mass is 32.1. The average Bonchev–Trinajstić information content (AvgIpc) is 2.82. The van der Waals surface area contributed by atoms with Gasteiger partial charge in [-0.3, -0.25) is 0 Å². The van der Waals surface area contributed by atoms with Crippen molar-refractivity contribution >= 4 is 11.3 Å². The molecule has 0 amide bonds. The minimum Gasteiger partial charge on any atom is -0.313 e. The van der Waals surface area contributed by atoms with Crippen molar-refractivity contribution in [2.45, 2.75) is 52.1 Å². The largest absolute Gasteiger partial charge is 0.313 e. The molecule has 1 aromatic heterocycles. The molecule has 0 aliphatic carbocycles. The molecule has 3 heteroatoms. The number of likely N-dealkylation sites (N-methyl/N-ethyl adjacent to an activating group) is 1. The number of rotatable bonds is 9. The van der Waals surface area contributed by atoms with Crippen molar-refractivity contribution in [3.63, 3.8) is 0 Å². The Bertz CT molecular complexity index is 297. The summed E-state index contributed by atoms with van der Waals surface area (Å²) >= 11 is 1.86. The van der Waals surface area contributed by atoms with E-state index < -0.39 is 0 Å². The van der Waals surface area contributed by atoms with Gasteiger partial charge in [0.05, 0.1) is 0 Å². The summed E-state index contributed by atoms with van der Waals surface area (Å²) in [6, 6.07) is 5.64. The van der Waals surface area contributed by atoms with Crippen LogP contribution in [0.15, 0.2) is 17.5 Å². The van der Waals surface area contributed by atoms with Gasteiger partial charge in [0.1, 0.15) is 0 Å². The molecule has 0 spiro atoms. The second-order valence-corrected chi connectivity index (χ2v) is 6.29. The van der Waals surface area contributed by atoms with Gasteiger partial charge in [0, 0.05) is 30.1 Å². The molecule has 2 nitrogen and oxygen atoms in total. The van der Waals surface area contributed by atoms with Crippen LogP contribution in [0.3, 0.4) is 0 Å². The number of thiophene rings is 1. The molecule has 0 fully saturated rings. The summed E-state index contributed by atoms with van der Waals surface area (Å²) < 4.78 is 0. The third-order valence-corrected chi connectivity index (χ3v) is 4.41. The molecule has 2 unspecified atom stereocenters. The number of hydrogen-bond donors (Lipinski definition) is 1. The second-order valence-electron chi connectivity index (χ2n) is 5.26. The number of nitrogens with zero attached hydrogens (tertiary/aromatic N) is 1. The van der Waals surface area contributed by atoms with Crippen LogP contribution in [0.25, 0.3) is 0 Å². The molecule has 2 atom stereocenters. The third kappa shape index (κ3) is 5.98. The van der Waals surface area contributed by atoms with Crippen molar-refractivity contribution in [2.75, 3.05) is 20.1 Å². The van der Waals surface area contributed by atoms with Gasteiger partial charge in [-0.2, -0.15) is 0 Å². The minimum absolute atomic E-state index is 0.618. The monoisotopic (exact) mass is 268 g/mol. The van der Waals surface area contributed by atoms with E-state index in [4.69, 9.17) is 0 Å². The van der Waals surface area contributed by atoms with Crippen molar-refractivity contribution in [1.29, 1.82) is 0 Å². The van der Waals surface area contributed by atoms with E-state index >= 15 is 0 Å². The van der Waals surface area contributed by atoms with E-state index in [2.05, 4.69) is 55.5 Å². The Labute approximate surface area is 116 Å². The topological polar surface area (TPSA) is 15.3 Å². The van der Waals surface area contributed by atoms with E-state index in [1.807, 2.05) is 11.3 Å². The van der Waals surface area contributed by atoms with E-state index in [0.717, 1.165) is 13.1 Å². The predicted molar refractivity (Wildman–Crippen MR) is 82.5 cm³/mol. The van der Waals surface area contributed by atoms with Gasteiger partial charge in [0.2, 0.25) is 0 Å². The molecule has 18 heavy (non-hydrogen) atoms. The SMILES string of the molecule is CCCC(C)NCCN(C)C(C)Cc1cccs1. The van der Waals surface area contributed by atoms with E-state index in [-0.39, 0.29) is 0 Å². The van der Waals surface area contributed by atoms with Crippen LogP contribution in [0.5, 0.6) is 0 Å². The molecule has 0 saturated carbocycles. The van der Waals surface area contributed by atoms with Crippen molar-refractivity contribution in [3.05, 3.63) is 22.4 Å². The summed E-state index contributed by atoms with van der Waals surface area (Å²) in [6.45, 7) is 9.05. The fraction of sp³-hybridized carbons (Fsp3) is 0.733. The van der Waals surface area contributed by atoms with Crippen LogP contribution >= 0.6 is 11.3 Å². The maximum atomic E-state index is 3.59. The fourth-order valence-electron chi connectivity index (χ4n) is 2.12. The quantitative estimate of drug-likeness (QED) is 0.738. The van der Waals surface area contributed by atoms with E-state index in [1.54, 1.807) is 0 Å². The summed E-state index contributed by atoms with van der Waals surface area (Å²) in [5.41, 5.74) is 0. The van der Waals surface area contributed by atoms with Crippen LogP contribution in [-0.4, -0.2) is 37.1 Å². The van der Waals surface area contributed by atoms with E-state index in [9.17, 15) is 0 Å². The van der Waals surface area contributed by atoms with Gasteiger partial charge in [0.15, 0.2) is 0 Å². The smallest absolute Gasteiger partial charge is 0.0113 e. The minimum atomic E-state index is 0.618. The van der Waals surface area contributed by atoms with Gasteiger partial charge in [-0.1, -0.05) is 19.4 Å². The Balaban J connectivity index is 2.17. The standard InChI is InChI=1S/C15H28N2S/c1-5-7-13(2)16-9-10-17(4)14(3)12-15-8-6-11-18-15/h6,8,11,13-14,16H,5,7,9-10,12H2,1-4H3. The summed E-state index contributed by atoms with van der Waals surface area (Å²) in [5, 5.41) is 5.75. The molecule has 0 bridgehead atoms. The van der Waals surface area contributed by atoms with Crippen LogP contribution in [0, 0.1) is 0 Å². The van der Waals surface area contributed by atoms with Gasteiger partial charge in [-0.25, -0.2) is 0 Å². The molecular formula is C15H28N2S. The Morgan fingerprint density at radius 2 is 2.17 bits per heavy atom.